The average molecular weight is 297 g/mol. The number of hydrogen-bond acceptors (Lipinski definition) is 3. The van der Waals surface area contributed by atoms with Crippen LogP contribution < -0.4 is 10.5 Å². The van der Waals surface area contributed by atoms with Gasteiger partial charge >= 0.3 is 0 Å². The Morgan fingerprint density at radius 3 is 3.10 bits per heavy atom. The molecular formula is C16H25ClN2O. The van der Waals surface area contributed by atoms with Crippen LogP contribution in [0.15, 0.2) is 18.2 Å². The maximum Gasteiger partial charge on any atom is 0.122 e. The lowest BCUT2D eigenvalue weighted by atomic mass is 9.94. The summed E-state index contributed by atoms with van der Waals surface area (Å²) in [7, 11) is 0. The maximum atomic E-state index is 5.69. The van der Waals surface area contributed by atoms with Crippen LogP contribution in [0.3, 0.4) is 0 Å². The van der Waals surface area contributed by atoms with Crippen LogP contribution in [0.1, 0.15) is 30.4 Å². The van der Waals surface area contributed by atoms with Crippen molar-refractivity contribution < 1.29 is 4.74 Å². The van der Waals surface area contributed by atoms with E-state index >= 15 is 0 Å². The molecule has 1 atom stereocenters. The van der Waals surface area contributed by atoms with Crippen molar-refractivity contribution in [1.82, 2.24) is 4.90 Å². The minimum atomic E-state index is 0. The lowest BCUT2D eigenvalue weighted by Gasteiger charge is -2.32. The van der Waals surface area contributed by atoms with Crippen molar-refractivity contribution in [1.29, 1.82) is 0 Å². The van der Waals surface area contributed by atoms with Crippen molar-refractivity contribution in [2.75, 3.05) is 26.2 Å². The minimum absolute atomic E-state index is 0. The zero-order chi connectivity index (χ0) is 13.1. The van der Waals surface area contributed by atoms with Gasteiger partial charge in [0.2, 0.25) is 0 Å². The monoisotopic (exact) mass is 296 g/mol. The molecule has 1 saturated heterocycles. The highest BCUT2D eigenvalue weighted by atomic mass is 35.5. The highest BCUT2D eigenvalue weighted by Crippen LogP contribution is 2.27. The van der Waals surface area contributed by atoms with Crippen LogP contribution in [0.2, 0.25) is 0 Å². The van der Waals surface area contributed by atoms with E-state index in [1.165, 1.54) is 43.5 Å². The molecule has 2 heterocycles. The number of nitrogens with zero attached hydrogens (tertiary/aromatic N) is 1. The van der Waals surface area contributed by atoms with Crippen LogP contribution in [0, 0.1) is 5.92 Å². The Labute approximate surface area is 127 Å². The molecule has 1 aromatic rings. The van der Waals surface area contributed by atoms with E-state index in [0.29, 0.717) is 0 Å². The Morgan fingerprint density at radius 2 is 2.25 bits per heavy atom. The van der Waals surface area contributed by atoms with Crippen molar-refractivity contribution in [2.45, 2.75) is 32.2 Å². The SMILES string of the molecule is Cl.NCCC1CCCN(Cc2ccc3c(c2)CCO3)C1. The molecule has 0 bridgehead atoms. The number of piperidine rings is 1. The molecular weight excluding hydrogens is 272 g/mol. The number of fused-ring (bicyclic) bond motifs is 1. The molecule has 1 fully saturated rings. The van der Waals surface area contributed by atoms with Gasteiger partial charge in [-0.2, -0.15) is 0 Å². The van der Waals surface area contributed by atoms with Crippen molar-refractivity contribution >= 4 is 12.4 Å². The van der Waals surface area contributed by atoms with Crippen LogP contribution in [-0.4, -0.2) is 31.1 Å². The number of ether oxygens (including phenoxy) is 1. The van der Waals surface area contributed by atoms with Crippen molar-refractivity contribution in [3.05, 3.63) is 29.3 Å². The predicted molar refractivity (Wildman–Crippen MR) is 84.6 cm³/mol. The van der Waals surface area contributed by atoms with Gasteiger partial charge in [-0.15, -0.1) is 12.4 Å². The van der Waals surface area contributed by atoms with E-state index < -0.39 is 0 Å². The minimum Gasteiger partial charge on any atom is -0.493 e. The number of halogens is 1. The molecule has 1 unspecified atom stereocenters. The molecule has 0 aliphatic carbocycles. The second kappa shape index (κ2) is 7.30. The van der Waals surface area contributed by atoms with Gasteiger partial charge in [0, 0.05) is 19.5 Å². The molecule has 3 rings (SSSR count). The molecule has 112 valence electrons. The third-order valence-corrected chi connectivity index (χ3v) is 4.34. The first-order valence-corrected chi connectivity index (χ1v) is 7.52. The fourth-order valence-electron chi connectivity index (χ4n) is 3.36. The summed E-state index contributed by atoms with van der Waals surface area (Å²) in [5.74, 6) is 1.89. The molecule has 4 heteroatoms. The Morgan fingerprint density at radius 1 is 1.35 bits per heavy atom. The lowest BCUT2D eigenvalue weighted by Crippen LogP contribution is -2.35. The Kier molecular flexibility index (Phi) is 5.70. The maximum absolute atomic E-state index is 5.69. The normalized spacial score (nSPS) is 21.9. The summed E-state index contributed by atoms with van der Waals surface area (Å²) in [6.45, 7) is 5.20. The number of rotatable bonds is 4. The predicted octanol–water partition coefficient (Wildman–Crippen LogP) is 2.60. The largest absolute Gasteiger partial charge is 0.493 e. The Bertz CT molecular complexity index is 436. The molecule has 0 amide bonds. The molecule has 20 heavy (non-hydrogen) atoms. The highest BCUT2D eigenvalue weighted by Gasteiger charge is 2.20. The summed E-state index contributed by atoms with van der Waals surface area (Å²) in [5.41, 5.74) is 8.50. The van der Waals surface area contributed by atoms with Gasteiger partial charge in [0.1, 0.15) is 5.75 Å². The van der Waals surface area contributed by atoms with E-state index in [9.17, 15) is 0 Å². The molecule has 2 N–H and O–H groups in total. The van der Waals surface area contributed by atoms with Crippen LogP contribution >= 0.6 is 12.4 Å². The number of hydrogen-bond donors (Lipinski definition) is 1. The summed E-state index contributed by atoms with van der Waals surface area (Å²) in [4.78, 5) is 2.58. The average Bonchev–Trinajstić information content (AvgIpc) is 2.87. The van der Waals surface area contributed by atoms with E-state index in [1.807, 2.05) is 0 Å². The van der Waals surface area contributed by atoms with Gasteiger partial charge in [-0.05, 0) is 55.5 Å². The zero-order valence-electron chi connectivity index (χ0n) is 12.0. The van der Waals surface area contributed by atoms with E-state index in [1.54, 1.807) is 0 Å². The zero-order valence-corrected chi connectivity index (χ0v) is 12.8. The smallest absolute Gasteiger partial charge is 0.122 e. The highest BCUT2D eigenvalue weighted by molar-refractivity contribution is 5.85. The molecule has 3 nitrogen and oxygen atoms in total. The topological polar surface area (TPSA) is 38.5 Å². The molecule has 0 aromatic heterocycles. The first-order valence-electron chi connectivity index (χ1n) is 7.52. The number of likely N-dealkylation sites (tertiary alicyclic amines) is 1. The van der Waals surface area contributed by atoms with Gasteiger partial charge in [0.15, 0.2) is 0 Å². The third-order valence-electron chi connectivity index (χ3n) is 4.34. The Balaban J connectivity index is 0.00000147. The van der Waals surface area contributed by atoms with Crippen molar-refractivity contribution in [3.8, 4) is 5.75 Å². The molecule has 2 aliphatic rings. The van der Waals surface area contributed by atoms with Gasteiger partial charge in [-0.1, -0.05) is 12.1 Å². The van der Waals surface area contributed by atoms with Crippen LogP contribution in [-0.2, 0) is 13.0 Å². The quantitative estimate of drug-likeness (QED) is 0.928. The first-order chi connectivity index (χ1) is 9.35. The molecule has 2 aliphatic heterocycles. The molecule has 0 spiro atoms. The van der Waals surface area contributed by atoms with Gasteiger partial charge < -0.3 is 10.5 Å². The molecule has 0 radical (unpaired) electrons. The fourth-order valence-corrected chi connectivity index (χ4v) is 3.36. The number of benzene rings is 1. The van der Waals surface area contributed by atoms with Gasteiger partial charge in [0.05, 0.1) is 6.61 Å². The summed E-state index contributed by atoms with van der Waals surface area (Å²) in [6.07, 6.45) is 4.91. The second-order valence-corrected chi connectivity index (χ2v) is 5.86. The van der Waals surface area contributed by atoms with Gasteiger partial charge in [0.25, 0.3) is 0 Å². The second-order valence-electron chi connectivity index (χ2n) is 5.86. The van der Waals surface area contributed by atoms with Crippen LogP contribution in [0.25, 0.3) is 0 Å². The van der Waals surface area contributed by atoms with Crippen molar-refractivity contribution in [2.24, 2.45) is 11.7 Å². The summed E-state index contributed by atoms with van der Waals surface area (Å²) in [5, 5.41) is 0. The van der Waals surface area contributed by atoms with E-state index in [0.717, 1.165) is 37.8 Å². The van der Waals surface area contributed by atoms with Gasteiger partial charge in [-0.25, -0.2) is 0 Å². The molecule has 1 aromatic carbocycles. The summed E-state index contributed by atoms with van der Waals surface area (Å²) >= 11 is 0. The van der Waals surface area contributed by atoms with E-state index in [2.05, 4.69) is 23.1 Å². The standard InChI is InChI=1S/C16H24N2O.ClH/c17-7-5-13-2-1-8-18(11-13)12-14-3-4-16-15(10-14)6-9-19-16;/h3-4,10,13H,1-2,5-9,11-12,17H2;1H. The van der Waals surface area contributed by atoms with E-state index in [4.69, 9.17) is 10.5 Å². The van der Waals surface area contributed by atoms with Crippen LogP contribution in [0.4, 0.5) is 0 Å². The lowest BCUT2D eigenvalue weighted by molar-refractivity contribution is 0.163. The molecule has 0 saturated carbocycles. The third kappa shape index (κ3) is 3.66. The number of nitrogens with two attached hydrogens (primary N) is 1. The summed E-state index contributed by atoms with van der Waals surface area (Å²) < 4.78 is 5.56. The van der Waals surface area contributed by atoms with Crippen molar-refractivity contribution in [3.63, 3.8) is 0 Å². The Hall–Kier alpha value is -0.770. The summed E-state index contributed by atoms with van der Waals surface area (Å²) in [6, 6.07) is 6.69. The fraction of sp³-hybridized carbons (Fsp3) is 0.625. The first kappa shape index (κ1) is 15.6. The van der Waals surface area contributed by atoms with E-state index in [-0.39, 0.29) is 12.4 Å². The van der Waals surface area contributed by atoms with Crippen LogP contribution in [0.5, 0.6) is 5.75 Å². The van der Waals surface area contributed by atoms with Gasteiger partial charge in [-0.3, -0.25) is 4.90 Å².